The molecule has 1 atom stereocenters. The Labute approximate surface area is 72.0 Å². The number of aliphatic hydroxyl groups excluding tert-OH is 1. The number of benzene rings is 1. The van der Waals surface area contributed by atoms with Crippen molar-refractivity contribution in [3.8, 4) is 12.3 Å². The minimum atomic E-state index is -0.586. The predicted molar refractivity (Wildman–Crippen MR) is 48.4 cm³/mol. The lowest BCUT2D eigenvalue weighted by atomic mass is 10.1. The zero-order valence-corrected chi connectivity index (χ0v) is 6.70. The number of hydrogen-bond donors (Lipinski definition) is 2. The molecule has 0 saturated heterocycles. The summed E-state index contributed by atoms with van der Waals surface area (Å²) < 4.78 is 0. The van der Waals surface area contributed by atoms with E-state index in [-0.39, 0.29) is 6.54 Å². The fourth-order valence-corrected chi connectivity index (χ4v) is 0.938. The molecule has 12 heavy (non-hydrogen) atoms. The molecule has 2 heteroatoms. The van der Waals surface area contributed by atoms with Gasteiger partial charge in [-0.25, -0.2) is 0 Å². The molecule has 0 aliphatic heterocycles. The Balaban J connectivity index is 2.86. The van der Waals surface area contributed by atoms with Crippen LogP contribution in [0.4, 0.5) is 0 Å². The van der Waals surface area contributed by atoms with Gasteiger partial charge in [0.25, 0.3) is 0 Å². The molecule has 2 nitrogen and oxygen atoms in total. The molecule has 0 amide bonds. The monoisotopic (exact) mass is 161 g/mol. The van der Waals surface area contributed by atoms with Crippen LogP contribution in [-0.2, 0) is 0 Å². The van der Waals surface area contributed by atoms with Crippen LogP contribution in [0.25, 0.3) is 0 Å². The van der Waals surface area contributed by atoms with Gasteiger partial charge in [-0.05, 0) is 17.7 Å². The number of terminal acetylenes is 1. The van der Waals surface area contributed by atoms with Gasteiger partial charge in [0.15, 0.2) is 0 Å². The Bertz CT molecular complexity index is 284. The molecule has 1 aromatic carbocycles. The Morgan fingerprint density at radius 3 is 2.42 bits per heavy atom. The largest absolute Gasteiger partial charge is 0.387 e. The van der Waals surface area contributed by atoms with Gasteiger partial charge >= 0.3 is 0 Å². The van der Waals surface area contributed by atoms with Crippen molar-refractivity contribution < 1.29 is 5.11 Å². The Morgan fingerprint density at radius 1 is 1.42 bits per heavy atom. The van der Waals surface area contributed by atoms with E-state index in [2.05, 4.69) is 5.92 Å². The first kappa shape index (κ1) is 8.79. The van der Waals surface area contributed by atoms with E-state index in [1.165, 1.54) is 0 Å². The van der Waals surface area contributed by atoms with Crippen LogP contribution in [0.15, 0.2) is 24.3 Å². The fourth-order valence-electron chi connectivity index (χ4n) is 0.938. The first-order chi connectivity index (χ1) is 5.77. The highest BCUT2D eigenvalue weighted by Crippen LogP contribution is 2.11. The maximum absolute atomic E-state index is 9.32. The van der Waals surface area contributed by atoms with Crippen LogP contribution in [0.1, 0.15) is 17.2 Å². The van der Waals surface area contributed by atoms with Gasteiger partial charge in [0.1, 0.15) is 0 Å². The topological polar surface area (TPSA) is 46.2 Å². The van der Waals surface area contributed by atoms with Gasteiger partial charge in [0.05, 0.1) is 6.10 Å². The molecule has 0 aliphatic carbocycles. The fraction of sp³-hybridized carbons (Fsp3) is 0.200. The van der Waals surface area contributed by atoms with Crippen LogP contribution < -0.4 is 5.73 Å². The number of rotatable bonds is 2. The Hall–Kier alpha value is -1.30. The van der Waals surface area contributed by atoms with Crippen LogP contribution >= 0.6 is 0 Å². The number of nitrogens with two attached hydrogens (primary N) is 1. The molecule has 0 aliphatic rings. The molecule has 0 aromatic heterocycles. The van der Waals surface area contributed by atoms with Crippen LogP contribution in [0.5, 0.6) is 0 Å². The summed E-state index contributed by atoms with van der Waals surface area (Å²) in [7, 11) is 0. The van der Waals surface area contributed by atoms with Crippen LogP contribution in [0, 0.1) is 12.3 Å². The lowest BCUT2D eigenvalue weighted by molar-refractivity contribution is 0.187. The number of aliphatic hydroxyl groups is 1. The second-order valence-electron chi connectivity index (χ2n) is 2.52. The van der Waals surface area contributed by atoms with Crippen molar-refractivity contribution >= 4 is 0 Å². The first-order valence-corrected chi connectivity index (χ1v) is 3.72. The van der Waals surface area contributed by atoms with Gasteiger partial charge < -0.3 is 10.8 Å². The van der Waals surface area contributed by atoms with E-state index in [4.69, 9.17) is 12.2 Å². The van der Waals surface area contributed by atoms with Crippen molar-refractivity contribution in [3.05, 3.63) is 35.4 Å². The molecule has 3 N–H and O–H groups in total. The molecular formula is C10H11NO. The van der Waals surface area contributed by atoms with E-state index in [0.29, 0.717) is 0 Å². The summed E-state index contributed by atoms with van der Waals surface area (Å²) in [5.74, 6) is 2.50. The predicted octanol–water partition coefficient (Wildman–Crippen LogP) is 0.660. The lowest BCUT2D eigenvalue weighted by Gasteiger charge is -2.06. The van der Waals surface area contributed by atoms with Crippen LogP contribution in [0.2, 0.25) is 0 Å². The molecule has 0 heterocycles. The van der Waals surface area contributed by atoms with Gasteiger partial charge in [0, 0.05) is 12.1 Å². The second kappa shape index (κ2) is 3.91. The zero-order valence-electron chi connectivity index (χ0n) is 6.70. The van der Waals surface area contributed by atoms with Gasteiger partial charge in [-0.2, -0.15) is 0 Å². The van der Waals surface area contributed by atoms with E-state index in [0.717, 1.165) is 11.1 Å². The molecule has 0 saturated carbocycles. The zero-order chi connectivity index (χ0) is 8.97. The summed E-state index contributed by atoms with van der Waals surface area (Å²) in [6.45, 7) is 0.232. The van der Waals surface area contributed by atoms with E-state index in [9.17, 15) is 5.11 Å². The molecule has 0 fully saturated rings. The van der Waals surface area contributed by atoms with Gasteiger partial charge in [-0.1, -0.05) is 18.1 Å². The average Bonchev–Trinajstić information content (AvgIpc) is 2.17. The summed E-state index contributed by atoms with van der Waals surface area (Å²) in [6.07, 6.45) is 4.59. The standard InChI is InChI=1S/C10H11NO/c1-2-8-3-5-9(6-4-8)10(12)7-11/h1,3-6,10,12H,7,11H2/t10-/m0/s1. The van der Waals surface area contributed by atoms with Gasteiger partial charge in [-0.15, -0.1) is 6.42 Å². The first-order valence-electron chi connectivity index (χ1n) is 3.72. The van der Waals surface area contributed by atoms with Gasteiger partial charge in [-0.3, -0.25) is 0 Å². The van der Waals surface area contributed by atoms with Crippen LogP contribution in [0.3, 0.4) is 0 Å². The van der Waals surface area contributed by atoms with Crippen molar-refractivity contribution in [1.82, 2.24) is 0 Å². The van der Waals surface area contributed by atoms with E-state index in [1.54, 1.807) is 24.3 Å². The highest BCUT2D eigenvalue weighted by atomic mass is 16.3. The third kappa shape index (κ3) is 1.85. The third-order valence-electron chi connectivity index (χ3n) is 1.69. The van der Waals surface area contributed by atoms with Gasteiger partial charge in [0.2, 0.25) is 0 Å². The maximum Gasteiger partial charge on any atom is 0.0912 e. The van der Waals surface area contributed by atoms with Crippen molar-refractivity contribution in [1.29, 1.82) is 0 Å². The van der Waals surface area contributed by atoms with E-state index < -0.39 is 6.10 Å². The number of hydrogen-bond acceptors (Lipinski definition) is 2. The maximum atomic E-state index is 9.32. The highest BCUT2D eigenvalue weighted by molar-refractivity contribution is 5.34. The van der Waals surface area contributed by atoms with Crippen molar-refractivity contribution in [3.63, 3.8) is 0 Å². The molecule has 0 radical (unpaired) electrons. The minimum absolute atomic E-state index is 0.232. The molecule has 62 valence electrons. The van der Waals surface area contributed by atoms with Crippen molar-refractivity contribution in [2.45, 2.75) is 6.10 Å². The summed E-state index contributed by atoms with van der Waals surface area (Å²) in [6, 6.07) is 7.14. The summed E-state index contributed by atoms with van der Waals surface area (Å²) in [4.78, 5) is 0. The average molecular weight is 161 g/mol. The molecular weight excluding hydrogens is 150 g/mol. The summed E-state index contributed by atoms with van der Waals surface area (Å²) in [5, 5.41) is 9.32. The second-order valence-corrected chi connectivity index (χ2v) is 2.52. The molecule has 0 unspecified atom stereocenters. The Morgan fingerprint density at radius 2 is 2.00 bits per heavy atom. The molecule has 0 bridgehead atoms. The van der Waals surface area contributed by atoms with Crippen molar-refractivity contribution in [2.24, 2.45) is 5.73 Å². The molecule has 1 aromatic rings. The minimum Gasteiger partial charge on any atom is -0.387 e. The summed E-state index contributed by atoms with van der Waals surface area (Å²) >= 11 is 0. The summed E-state index contributed by atoms with van der Waals surface area (Å²) in [5.41, 5.74) is 6.89. The quantitative estimate of drug-likeness (QED) is 0.626. The van der Waals surface area contributed by atoms with Crippen LogP contribution in [-0.4, -0.2) is 11.7 Å². The van der Waals surface area contributed by atoms with Crippen molar-refractivity contribution in [2.75, 3.05) is 6.54 Å². The lowest BCUT2D eigenvalue weighted by Crippen LogP contribution is -2.11. The molecule has 0 spiro atoms. The van der Waals surface area contributed by atoms with E-state index >= 15 is 0 Å². The Kier molecular flexibility index (Phi) is 2.87. The normalized spacial score (nSPS) is 12.1. The van der Waals surface area contributed by atoms with E-state index in [1.807, 2.05) is 0 Å². The molecule has 1 rings (SSSR count). The highest BCUT2D eigenvalue weighted by Gasteiger charge is 2.02. The SMILES string of the molecule is C#Cc1ccc([C@@H](O)CN)cc1. The third-order valence-corrected chi connectivity index (χ3v) is 1.69. The smallest absolute Gasteiger partial charge is 0.0912 e.